The van der Waals surface area contributed by atoms with Crippen molar-refractivity contribution in [2.75, 3.05) is 45.8 Å². The van der Waals surface area contributed by atoms with Crippen molar-refractivity contribution in [1.29, 1.82) is 0 Å². The molecule has 0 aromatic rings. The maximum atomic E-state index is 15.4. The van der Waals surface area contributed by atoms with E-state index < -0.39 is 41.0 Å². The first-order chi connectivity index (χ1) is 12.8. The number of hydrogen-bond donors (Lipinski definition) is 2. The lowest BCUT2D eigenvalue weighted by Gasteiger charge is -2.48. The largest absolute Gasteiger partial charge is 0.391 e. The number of carbonyl (C=O) groups is 1. The molecule has 4 aliphatic rings. The summed E-state index contributed by atoms with van der Waals surface area (Å²) in [5.41, 5.74) is 0. The lowest BCUT2D eigenvalue weighted by atomic mass is 9.70. The van der Waals surface area contributed by atoms with Crippen LogP contribution in [-0.4, -0.2) is 97.7 Å². The molecule has 0 spiro atoms. The highest BCUT2D eigenvalue weighted by molar-refractivity contribution is 7.88. The lowest BCUT2D eigenvalue weighted by Crippen LogP contribution is -2.61. The molecule has 2 N–H and O–H groups in total. The Labute approximate surface area is 159 Å². The van der Waals surface area contributed by atoms with Gasteiger partial charge >= 0.3 is 10.2 Å². The van der Waals surface area contributed by atoms with E-state index in [-0.39, 0.29) is 11.8 Å². The molecule has 8 nitrogen and oxygen atoms in total. The Morgan fingerprint density at radius 3 is 2.52 bits per heavy atom. The smallest absolute Gasteiger partial charge is 0.304 e. The van der Waals surface area contributed by atoms with Gasteiger partial charge in [-0.05, 0) is 51.2 Å². The summed E-state index contributed by atoms with van der Waals surface area (Å²) in [5, 5.41) is 10.5. The average Bonchev–Trinajstić information content (AvgIpc) is 3.21. The van der Waals surface area contributed by atoms with Crippen LogP contribution in [0, 0.1) is 11.8 Å². The summed E-state index contributed by atoms with van der Waals surface area (Å²) in [4.78, 5) is 16.2. The van der Waals surface area contributed by atoms with E-state index in [1.807, 2.05) is 4.72 Å². The highest BCUT2D eigenvalue weighted by Gasteiger charge is 2.53. The Bertz CT molecular complexity index is 672. The third-order valence-electron chi connectivity index (χ3n) is 6.68. The van der Waals surface area contributed by atoms with Crippen molar-refractivity contribution in [2.24, 2.45) is 11.8 Å². The average molecular weight is 405 g/mol. The Hall–Kier alpha value is -0.810. The summed E-state index contributed by atoms with van der Waals surface area (Å²) < 4.78 is 42.4. The number of hydrogen-bond acceptors (Lipinski definition) is 6. The van der Waals surface area contributed by atoms with Gasteiger partial charge in [0, 0.05) is 25.6 Å². The summed E-state index contributed by atoms with van der Waals surface area (Å²) in [6, 6.07) is -1.19. The van der Waals surface area contributed by atoms with Crippen LogP contribution in [-0.2, 0) is 15.0 Å². The summed E-state index contributed by atoms with van der Waals surface area (Å²) in [6.07, 6.45) is 1.13. The van der Waals surface area contributed by atoms with Crippen LogP contribution < -0.4 is 4.72 Å². The summed E-state index contributed by atoms with van der Waals surface area (Å²) in [7, 11) is -4.06. The van der Waals surface area contributed by atoms with Crippen LogP contribution in [0.2, 0.25) is 0 Å². The number of amides is 1. The Morgan fingerprint density at radius 1 is 1.15 bits per heavy atom. The number of aliphatic hydroxyl groups excluding tert-OH is 1. The van der Waals surface area contributed by atoms with Crippen molar-refractivity contribution in [3.05, 3.63) is 0 Å². The Balaban J connectivity index is 1.43. The second-order valence-electron chi connectivity index (χ2n) is 8.38. The SMILES string of the molecule is O=C1CN(C2C(O)CC3CCN(CCN4CCCC4)CC3C2F)S(=O)(=O)N1. The van der Waals surface area contributed by atoms with Gasteiger partial charge in [-0.15, -0.1) is 0 Å². The lowest BCUT2D eigenvalue weighted by molar-refractivity contribution is -0.120. The molecule has 4 fully saturated rings. The van der Waals surface area contributed by atoms with Crippen molar-refractivity contribution in [2.45, 2.75) is 44.0 Å². The van der Waals surface area contributed by atoms with Crippen molar-refractivity contribution < 1.29 is 22.7 Å². The number of fused-ring (bicyclic) bond motifs is 1. The molecule has 1 amide bonds. The van der Waals surface area contributed by atoms with E-state index in [9.17, 15) is 18.3 Å². The maximum absolute atomic E-state index is 15.4. The number of piperidine rings is 1. The molecule has 3 heterocycles. The number of alkyl halides is 1. The van der Waals surface area contributed by atoms with Gasteiger partial charge in [0.05, 0.1) is 18.7 Å². The second-order valence-corrected chi connectivity index (χ2v) is 10.00. The van der Waals surface area contributed by atoms with Gasteiger partial charge in [-0.3, -0.25) is 4.79 Å². The van der Waals surface area contributed by atoms with Crippen LogP contribution in [0.4, 0.5) is 4.39 Å². The first-order valence-corrected chi connectivity index (χ1v) is 11.4. The van der Waals surface area contributed by atoms with Gasteiger partial charge in [0.25, 0.3) is 0 Å². The summed E-state index contributed by atoms with van der Waals surface area (Å²) >= 11 is 0. The molecule has 5 unspecified atom stereocenters. The predicted octanol–water partition coefficient (Wildman–Crippen LogP) is -0.832. The molecule has 10 heteroatoms. The quantitative estimate of drug-likeness (QED) is 0.635. The number of rotatable bonds is 4. The molecule has 0 aromatic carbocycles. The van der Waals surface area contributed by atoms with Gasteiger partial charge in [-0.25, -0.2) is 9.11 Å². The van der Waals surface area contributed by atoms with Gasteiger partial charge in [0.2, 0.25) is 5.91 Å². The zero-order valence-electron chi connectivity index (χ0n) is 15.5. The van der Waals surface area contributed by atoms with Crippen LogP contribution >= 0.6 is 0 Å². The van der Waals surface area contributed by atoms with Crippen LogP contribution in [0.25, 0.3) is 0 Å². The first-order valence-electron chi connectivity index (χ1n) is 9.94. The monoisotopic (exact) mass is 404 g/mol. The number of carbonyl (C=O) groups excluding carboxylic acids is 1. The summed E-state index contributed by atoms with van der Waals surface area (Å²) in [5.74, 6) is -0.924. The van der Waals surface area contributed by atoms with Crippen molar-refractivity contribution >= 4 is 16.1 Å². The molecule has 0 radical (unpaired) electrons. The fraction of sp³-hybridized carbons (Fsp3) is 0.941. The molecule has 154 valence electrons. The number of nitrogens with one attached hydrogen (secondary N) is 1. The van der Waals surface area contributed by atoms with Crippen molar-refractivity contribution in [3.8, 4) is 0 Å². The highest BCUT2D eigenvalue weighted by atomic mass is 32.2. The standard InChI is InChI=1S/C17H29FN4O4S/c18-16-13-10-21(8-7-20-4-1-2-5-20)6-3-12(13)9-14(23)17(16)22-11-15(24)19-27(22,25)26/h12-14,16-17,23H,1-11H2,(H,19,24). The molecule has 3 saturated heterocycles. The van der Waals surface area contributed by atoms with Crippen LogP contribution in [0.1, 0.15) is 25.7 Å². The van der Waals surface area contributed by atoms with E-state index in [1.54, 1.807) is 0 Å². The third kappa shape index (κ3) is 3.87. The van der Waals surface area contributed by atoms with E-state index in [2.05, 4.69) is 9.80 Å². The Kier molecular flexibility index (Phi) is 5.45. The van der Waals surface area contributed by atoms with Crippen LogP contribution in [0.5, 0.6) is 0 Å². The predicted molar refractivity (Wildman–Crippen MR) is 96.8 cm³/mol. The van der Waals surface area contributed by atoms with E-state index >= 15 is 4.39 Å². The number of likely N-dealkylation sites (tertiary alicyclic amines) is 2. The molecule has 0 bridgehead atoms. The molecule has 4 rings (SSSR count). The minimum absolute atomic E-state index is 0.0586. The first kappa shape index (κ1) is 19.5. The Morgan fingerprint density at radius 2 is 1.85 bits per heavy atom. The molecule has 1 saturated carbocycles. The molecule has 3 aliphatic heterocycles. The molecule has 1 aliphatic carbocycles. The van der Waals surface area contributed by atoms with Crippen LogP contribution in [0.3, 0.4) is 0 Å². The number of aliphatic hydroxyl groups is 1. The molecule has 0 aromatic heterocycles. The topological polar surface area (TPSA) is 93.2 Å². The van der Waals surface area contributed by atoms with Crippen molar-refractivity contribution in [1.82, 2.24) is 18.8 Å². The molecular formula is C17H29FN4O4S. The van der Waals surface area contributed by atoms with E-state index in [4.69, 9.17) is 0 Å². The normalized spacial score (nSPS) is 40.8. The van der Waals surface area contributed by atoms with Gasteiger partial charge < -0.3 is 14.9 Å². The van der Waals surface area contributed by atoms with Gasteiger partial charge in [-0.2, -0.15) is 12.7 Å². The van der Waals surface area contributed by atoms with Gasteiger partial charge in [0.15, 0.2) is 0 Å². The van der Waals surface area contributed by atoms with Gasteiger partial charge in [0.1, 0.15) is 6.17 Å². The summed E-state index contributed by atoms with van der Waals surface area (Å²) in [6.45, 7) is 5.20. The molecule has 5 atom stereocenters. The minimum atomic E-state index is -4.06. The zero-order chi connectivity index (χ0) is 19.2. The van der Waals surface area contributed by atoms with Crippen molar-refractivity contribution in [3.63, 3.8) is 0 Å². The van der Waals surface area contributed by atoms with E-state index in [0.717, 1.165) is 43.4 Å². The van der Waals surface area contributed by atoms with Gasteiger partial charge in [-0.1, -0.05) is 0 Å². The maximum Gasteiger partial charge on any atom is 0.304 e. The third-order valence-corrected chi connectivity index (χ3v) is 8.15. The van der Waals surface area contributed by atoms with E-state index in [1.165, 1.54) is 12.8 Å². The minimum Gasteiger partial charge on any atom is -0.391 e. The number of nitrogens with zero attached hydrogens (tertiary/aromatic N) is 3. The second kappa shape index (κ2) is 7.55. The zero-order valence-corrected chi connectivity index (χ0v) is 16.3. The highest BCUT2D eigenvalue weighted by Crippen LogP contribution is 2.41. The number of halogens is 1. The fourth-order valence-corrected chi connectivity index (χ4v) is 6.57. The molecule has 27 heavy (non-hydrogen) atoms. The fourth-order valence-electron chi connectivity index (χ4n) is 5.24. The molecular weight excluding hydrogens is 375 g/mol. The van der Waals surface area contributed by atoms with Crippen LogP contribution in [0.15, 0.2) is 0 Å². The van der Waals surface area contributed by atoms with E-state index in [0.29, 0.717) is 13.0 Å².